The van der Waals surface area contributed by atoms with Crippen molar-refractivity contribution in [3.63, 3.8) is 0 Å². The molecule has 0 aliphatic heterocycles. The highest BCUT2D eigenvalue weighted by Crippen LogP contribution is 2.36. The normalized spacial score (nSPS) is 10.7. The Hall–Kier alpha value is -5.29. The second-order valence-electron chi connectivity index (χ2n) is 9.06. The molecule has 0 saturated carbocycles. The van der Waals surface area contributed by atoms with E-state index in [1.54, 1.807) is 60.7 Å². The molecule has 0 fully saturated rings. The van der Waals surface area contributed by atoms with E-state index < -0.39 is 11.7 Å². The zero-order valence-electron chi connectivity index (χ0n) is 22.2. The van der Waals surface area contributed by atoms with Crippen molar-refractivity contribution >= 4 is 46.3 Å². The summed E-state index contributed by atoms with van der Waals surface area (Å²) in [6, 6.07) is 15.3. The monoisotopic (exact) mass is 587 g/mol. The lowest BCUT2D eigenvalue weighted by atomic mass is 10.1. The number of carbonyl (C=O) groups excluding carboxylic acids is 1. The Labute approximate surface area is 244 Å². The first-order chi connectivity index (χ1) is 20.3. The average molecular weight is 588 g/mol. The summed E-state index contributed by atoms with van der Waals surface area (Å²) in [6.07, 6.45) is 6.04. The molecule has 5 aromatic rings. The molecule has 12 heteroatoms. The molecule has 9 nitrogen and oxygen atoms in total. The van der Waals surface area contributed by atoms with Gasteiger partial charge in [-0.2, -0.15) is 10.1 Å². The first kappa shape index (κ1) is 28.2. The quantitative estimate of drug-likeness (QED) is 0.151. The number of nitrogens with one attached hydrogen (secondary N) is 3. The Balaban J connectivity index is 1.47. The van der Waals surface area contributed by atoms with Crippen molar-refractivity contribution in [1.82, 2.24) is 19.7 Å². The number of ether oxygens (including phenoxy) is 1. The van der Waals surface area contributed by atoms with Crippen LogP contribution in [0.3, 0.4) is 0 Å². The summed E-state index contributed by atoms with van der Waals surface area (Å²) < 4.78 is 35.8. The molecule has 3 aromatic carbocycles. The van der Waals surface area contributed by atoms with Crippen LogP contribution in [0.2, 0.25) is 5.02 Å². The molecule has 0 spiro atoms. The van der Waals surface area contributed by atoms with Gasteiger partial charge < -0.3 is 20.7 Å². The Kier molecular flexibility index (Phi) is 8.39. The first-order valence-electron chi connectivity index (χ1n) is 12.6. The van der Waals surface area contributed by atoms with Gasteiger partial charge in [0.05, 0.1) is 22.6 Å². The van der Waals surface area contributed by atoms with E-state index in [1.165, 1.54) is 30.3 Å². The maximum atomic E-state index is 14.9. The van der Waals surface area contributed by atoms with Gasteiger partial charge in [0, 0.05) is 30.7 Å². The van der Waals surface area contributed by atoms with Gasteiger partial charge in [0.1, 0.15) is 29.8 Å². The van der Waals surface area contributed by atoms with Crippen LogP contribution in [0.5, 0.6) is 5.75 Å². The number of anilines is 5. The summed E-state index contributed by atoms with van der Waals surface area (Å²) in [5, 5.41) is 13.1. The summed E-state index contributed by atoms with van der Waals surface area (Å²) in [4.78, 5) is 20.8. The van der Waals surface area contributed by atoms with Crippen LogP contribution in [0.25, 0.3) is 11.1 Å². The van der Waals surface area contributed by atoms with Crippen LogP contribution in [-0.4, -0.2) is 25.7 Å². The van der Waals surface area contributed by atoms with Crippen LogP contribution in [0.15, 0.2) is 91.9 Å². The summed E-state index contributed by atoms with van der Waals surface area (Å²) >= 11 is 6.55. The van der Waals surface area contributed by atoms with Crippen LogP contribution in [0, 0.1) is 11.6 Å². The number of rotatable bonds is 10. The van der Waals surface area contributed by atoms with Crippen molar-refractivity contribution < 1.29 is 18.3 Å². The number of benzene rings is 3. The van der Waals surface area contributed by atoms with Crippen LogP contribution in [0.1, 0.15) is 5.56 Å². The number of amides is 1. The van der Waals surface area contributed by atoms with Crippen molar-refractivity contribution in [2.75, 3.05) is 16.0 Å². The van der Waals surface area contributed by atoms with E-state index in [0.717, 1.165) is 6.08 Å². The highest BCUT2D eigenvalue weighted by atomic mass is 35.5. The summed E-state index contributed by atoms with van der Waals surface area (Å²) in [5.41, 5.74) is 2.84. The summed E-state index contributed by atoms with van der Waals surface area (Å²) in [6.45, 7) is 3.56. The van der Waals surface area contributed by atoms with Crippen LogP contribution < -0.4 is 20.7 Å². The van der Waals surface area contributed by atoms with E-state index in [4.69, 9.17) is 16.3 Å². The van der Waals surface area contributed by atoms with Gasteiger partial charge in [-0.15, -0.1) is 0 Å². The Morgan fingerprint density at radius 3 is 2.67 bits per heavy atom. The van der Waals surface area contributed by atoms with Crippen LogP contribution in [-0.2, 0) is 18.4 Å². The molecule has 0 radical (unpaired) electrons. The summed E-state index contributed by atoms with van der Waals surface area (Å²) in [7, 11) is 1.78. The second kappa shape index (κ2) is 12.5. The average Bonchev–Trinajstić information content (AvgIpc) is 3.38. The molecule has 2 heterocycles. The van der Waals surface area contributed by atoms with E-state index in [-0.39, 0.29) is 29.9 Å². The standard InChI is InChI=1S/C30H24ClF2N7O2/c1-3-28(41)36-21-8-9-25(33)26(13-21)38-29-23(15-34-30(39-29)37-22-14-35-40(2)16-22)19-7-10-27(24(31)12-19)42-17-18-5-4-6-20(32)11-18/h3-16H,1,17H2,2H3,(H,36,41)(H2,34,37,38,39). The van der Waals surface area contributed by atoms with Gasteiger partial charge in [-0.3, -0.25) is 9.48 Å². The minimum absolute atomic E-state index is 0.0604. The van der Waals surface area contributed by atoms with Crippen LogP contribution >= 0.6 is 11.6 Å². The van der Waals surface area contributed by atoms with Gasteiger partial charge >= 0.3 is 0 Å². The number of hydrogen-bond acceptors (Lipinski definition) is 7. The largest absolute Gasteiger partial charge is 0.487 e. The molecule has 42 heavy (non-hydrogen) atoms. The number of aryl methyl sites for hydroxylation is 1. The molecule has 0 saturated heterocycles. The van der Waals surface area contributed by atoms with Crippen molar-refractivity contribution in [1.29, 1.82) is 0 Å². The lowest BCUT2D eigenvalue weighted by molar-refractivity contribution is -0.111. The lowest BCUT2D eigenvalue weighted by Gasteiger charge is -2.15. The molecule has 5 rings (SSSR count). The fourth-order valence-corrected chi connectivity index (χ4v) is 4.19. The zero-order chi connectivity index (χ0) is 29.6. The molecular formula is C30H24ClF2N7O2. The number of carbonyl (C=O) groups is 1. The maximum absolute atomic E-state index is 14.9. The molecule has 3 N–H and O–H groups in total. The lowest BCUT2D eigenvalue weighted by Crippen LogP contribution is -2.08. The highest BCUT2D eigenvalue weighted by molar-refractivity contribution is 6.32. The maximum Gasteiger partial charge on any atom is 0.247 e. The van der Waals surface area contributed by atoms with Crippen LogP contribution in [0.4, 0.5) is 37.6 Å². The molecule has 1 amide bonds. The van der Waals surface area contributed by atoms with E-state index in [1.807, 2.05) is 0 Å². The second-order valence-corrected chi connectivity index (χ2v) is 9.47. The smallest absolute Gasteiger partial charge is 0.247 e. The third-order valence-electron chi connectivity index (χ3n) is 5.95. The van der Waals surface area contributed by atoms with Gasteiger partial charge in [0.25, 0.3) is 0 Å². The SMILES string of the molecule is C=CC(=O)Nc1ccc(F)c(Nc2nc(Nc3cnn(C)c3)ncc2-c2ccc(OCc3cccc(F)c3)c(Cl)c2)c1. The van der Waals surface area contributed by atoms with Crippen molar-refractivity contribution in [3.05, 3.63) is 114 Å². The Morgan fingerprint density at radius 2 is 1.93 bits per heavy atom. The van der Waals surface area contributed by atoms with Gasteiger partial charge in [0.15, 0.2) is 0 Å². The van der Waals surface area contributed by atoms with E-state index in [0.29, 0.717) is 38.8 Å². The van der Waals surface area contributed by atoms with Gasteiger partial charge in [-0.05, 0) is 59.7 Å². The minimum atomic E-state index is -0.572. The predicted octanol–water partition coefficient (Wildman–Crippen LogP) is 7.00. The van der Waals surface area contributed by atoms with Gasteiger partial charge in [0.2, 0.25) is 11.9 Å². The molecule has 0 bridgehead atoms. The molecule has 212 valence electrons. The highest BCUT2D eigenvalue weighted by Gasteiger charge is 2.15. The number of hydrogen-bond donors (Lipinski definition) is 3. The van der Waals surface area contributed by atoms with E-state index in [9.17, 15) is 13.6 Å². The fraction of sp³-hybridized carbons (Fsp3) is 0.0667. The Bertz CT molecular complexity index is 1780. The van der Waals surface area contributed by atoms with E-state index >= 15 is 0 Å². The first-order valence-corrected chi connectivity index (χ1v) is 12.9. The number of halogens is 3. The zero-order valence-corrected chi connectivity index (χ0v) is 23.0. The minimum Gasteiger partial charge on any atom is -0.487 e. The molecule has 0 atom stereocenters. The third kappa shape index (κ3) is 6.88. The summed E-state index contributed by atoms with van der Waals surface area (Å²) in [5.74, 6) is -0.487. The molecular weight excluding hydrogens is 564 g/mol. The number of nitrogens with zero attached hydrogens (tertiary/aromatic N) is 4. The molecule has 0 aliphatic carbocycles. The van der Waals surface area contributed by atoms with Gasteiger partial charge in [-0.1, -0.05) is 36.4 Å². The van der Waals surface area contributed by atoms with Crippen molar-refractivity contribution in [3.8, 4) is 16.9 Å². The fourth-order valence-electron chi connectivity index (χ4n) is 3.96. The van der Waals surface area contributed by atoms with E-state index in [2.05, 4.69) is 37.6 Å². The molecule has 0 aliphatic rings. The molecule has 2 aromatic heterocycles. The number of aromatic nitrogens is 4. The van der Waals surface area contributed by atoms with Crippen molar-refractivity contribution in [2.24, 2.45) is 7.05 Å². The van der Waals surface area contributed by atoms with Gasteiger partial charge in [-0.25, -0.2) is 13.8 Å². The van der Waals surface area contributed by atoms with Crippen molar-refractivity contribution in [2.45, 2.75) is 6.61 Å². The topological polar surface area (TPSA) is 106 Å². The predicted molar refractivity (Wildman–Crippen MR) is 158 cm³/mol. The molecule has 0 unspecified atom stereocenters. The Morgan fingerprint density at radius 1 is 1.07 bits per heavy atom. The third-order valence-corrected chi connectivity index (χ3v) is 6.24.